The first-order chi connectivity index (χ1) is 13.3. The average molecular weight is 375 g/mol. The molecule has 0 aliphatic heterocycles. The first kappa shape index (κ1) is 15.0. The van der Waals surface area contributed by atoms with Gasteiger partial charge in [-0.05, 0) is 110 Å². The molecule has 1 aromatic carbocycles. The third-order valence-electron chi connectivity index (χ3n) is 13.0. The molecule has 8 fully saturated rings. The van der Waals surface area contributed by atoms with Crippen molar-refractivity contribution in [3.63, 3.8) is 0 Å². The van der Waals surface area contributed by atoms with Crippen LogP contribution in [0.3, 0.4) is 0 Å². The SMILES string of the molecule is Cc1c(C23CC4CC5(O)CC(C2)C45C3)cccc1C12CC3CC4(O)CC(C1)C342. The van der Waals surface area contributed by atoms with Crippen molar-refractivity contribution in [2.45, 2.75) is 86.7 Å². The summed E-state index contributed by atoms with van der Waals surface area (Å²) in [4.78, 5) is 0. The van der Waals surface area contributed by atoms with Gasteiger partial charge in [-0.25, -0.2) is 0 Å². The van der Waals surface area contributed by atoms with Crippen LogP contribution in [0, 0.1) is 41.4 Å². The molecule has 2 heteroatoms. The predicted molar refractivity (Wildman–Crippen MR) is 105 cm³/mol. The van der Waals surface area contributed by atoms with Crippen molar-refractivity contribution in [3.05, 3.63) is 34.9 Å². The van der Waals surface area contributed by atoms with E-state index in [1.807, 2.05) is 0 Å². The van der Waals surface area contributed by atoms with Crippen molar-refractivity contribution < 1.29 is 10.2 Å². The molecule has 0 saturated heterocycles. The Hall–Kier alpha value is -0.860. The Morgan fingerprint density at radius 2 is 1.36 bits per heavy atom. The molecule has 4 atom stereocenters. The zero-order chi connectivity index (χ0) is 18.5. The standard InChI is InChI=1S/C26H30O2/c1-14-19(21-5-15-9-23(27)10-16(6-21)25(15,23)13-21)3-2-4-20(14)22-7-17-11-24(28)12-18(8-22)26(17,22)24/h2-4,15-18,27-28H,5-13H2,1H3. The van der Waals surface area contributed by atoms with Gasteiger partial charge in [0.25, 0.3) is 0 Å². The van der Waals surface area contributed by atoms with Gasteiger partial charge in [0.15, 0.2) is 0 Å². The Morgan fingerprint density at radius 1 is 0.750 bits per heavy atom. The van der Waals surface area contributed by atoms with E-state index in [-0.39, 0.29) is 16.6 Å². The lowest BCUT2D eigenvalue weighted by atomic mass is 9.11. The molecule has 28 heavy (non-hydrogen) atoms. The fourth-order valence-corrected chi connectivity index (χ4v) is 12.7. The third kappa shape index (κ3) is 0.982. The van der Waals surface area contributed by atoms with E-state index >= 15 is 0 Å². The van der Waals surface area contributed by atoms with Crippen LogP contribution in [0.5, 0.6) is 0 Å². The Labute approximate surface area is 166 Å². The van der Waals surface area contributed by atoms with Gasteiger partial charge in [-0.1, -0.05) is 18.2 Å². The van der Waals surface area contributed by atoms with Crippen molar-refractivity contribution in [2.75, 3.05) is 0 Å². The molecule has 8 aliphatic carbocycles. The molecule has 8 aliphatic rings. The Kier molecular flexibility index (Phi) is 1.91. The van der Waals surface area contributed by atoms with Crippen LogP contribution in [0.25, 0.3) is 0 Å². The normalized spacial score (nSPS) is 67.4. The van der Waals surface area contributed by atoms with Gasteiger partial charge in [-0.3, -0.25) is 0 Å². The van der Waals surface area contributed by atoms with Crippen molar-refractivity contribution in [1.82, 2.24) is 0 Å². The molecule has 1 aromatic rings. The lowest BCUT2D eigenvalue weighted by Crippen LogP contribution is -2.94. The first-order valence-electron chi connectivity index (χ1n) is 11.9. The van der Waals surface area contributed by atoms with Gasteiger partial charge in [0.2, 0.25) is 0 Å². The third-order valence-corrected chi connectivity index (χ3v) is 13.0. The molecular formula is C26H30O2. The minimum absolute atomic E-state index is 0.281. The maximum Gasteiger partial charge on any atom is 0.0723 e. The summed E-state index contributed by atoms with van der Waals surface area (Å²) in [6.07, 6.45) is 10.9. The van der Waals surface area contributed by atoms with E-state index < -0.39 is 0 Å². The summed E-state index contributed by atoms with van der Waals surface area (Å²) >= 11 is 0. The number of hydrogen-bond donors (Lipinski definition) is 2. The summed E-state index contributed by atoms with van der Waals surface area (Å²) in [6, 6.07) is 7.22. The molecule has 4 unspecified atom stereocenters. The van der Waals surface area contributed by atoms with Crippen LogP contribution in [0.1, 0.15) is 74.5 Å². The van der Waals surface area contributed by atoms with E-state index in [9.17, 15) is 10.2 Å². The smallest absolute Gasteiger partial charge is 0.0723 e. The summed E-state index contributed by atoms with van der Waals surface area (Å²) in [6.45, 7) is 2.41. The highest BCUT2D eigenvalue weighted by Gasteiger charge is 2.94. The second-order valence-electron chi connectivity index (χ2n) is 12.9. The summed E-state index contributed by atoms with van der Waals surface area (Å²) in [5, 5.41) is 22.2. The molecule has 2 bridgehead atoms. The highest BCUT2D eigenvalue weighted by molar-refractivity contribution is 5.57. The molecule has 2 N–H and O–H groups in total. The first-order valence-corrected chi connectivity index (χ1v) is 11.9. The van der Waals surface area contributed by atoms with E-state index in [1.165, 1.54) is 32.1 Å². The monoisotopic (exact) mass is 374 g/mol. The summed E-state index contributed by atoms with van der Waals surface area (Å²) in [7, 11) is 0. The Balaban J connectivity index is 1.19. The quantitative estimate of drug-likeness (QED) is 0.822. The number of fused-ring (bicyclic) bond motifs is 1. The molecule has 146 valence electrons. The minimum Gasteiger partial charge on any atom is -0.389 e. The molecule has 8 saturated carbocycles. The van der Waals surface area contributed by atoms with Crippen LogP contribution < -0.4 is 0 Å². The van der Waals surface area contributed by atoms with Gasteiger partial charge in [0.1, 0.15) is 0 Å². The zero-order valence-electron chi connectivity index (χ0n) is 16.8. The van der Waals surface area contributed by atoms with Crippen molar-refractivity contribution in [3.8, 4) is 0 Å². The molecule has 0 radical (unpaired) electrons. The minimum atomic E-state index is -0.312. The van der Waals surface area contributed by atoms with Crippen LogP contribution in [-0.2, 0) is 10.8 Å². The molecule has 0 amide bonds. The van der Waals surface area contributed by atoms with Crippen molar-refractivity contribution in [1.29, 1.82) is 0 Å². The van der Waals surface area contributed by atoms with Crippen LogP contribution in [0.15, 0.2) is 18.2 Å². The van der Waals surface area contributed by atoms with Gasteiger partial charge in [0, 0.05) is 16.2 Å². The Bertz CT molecular complexity index is 987. The number of rotatable bonds is 2. The fraction of sp³-hybridized carbons (Fsp3) is 0.769. The molecule has 2 spiro atoms. The molecule has 9 rings (SSSR count). The summed E-state index contributed by atoms with van der Waals surface area (Å²) in [5.74, 6) is 3.19. The van der Waals surface area contributed by atoms with E-state index in [2.05, 4.69) is 25.1 Å². The van der Waals surface area contributed by atoms with E-state index in [0.29, 0.717) is 16.2 Å². The highest BCUT2D eigenvalue weighted by Crippen LogP contribution is 2.94. The van der Waals surface area contributed by atoms with Crippen LogP contribution in [-0.4, -0.2) is 21.4 Å². The topological polar surface area (TPSA) is 40.5 Å². The summed E-state index contributed by atoms with van der Waals surface area (Å²) < 4.78 is 0. The lowest BCUT2D eigenvalue weighted by Gasteiger charge is -2.94. The van der Waals surface area contributed by atoms with Crippen LogP contribution in [0.4, 0.5) is 0 Å². The van der Waals surface area contributed by atoms with Gasteiger partial charge in [-0.15, -0.1) is 0 Å². The van der Waals surface area contributed by atoms with Gasteiger partial charge in [-0.2, -0.15) is 0 Å². The van der Waals surface area contributed by atoms with Crippen LogP contribution in [0.2, 0.25) is 0 Å². The highest BCUT2D eigenvalue weighted by atomic mass is 16.3. The number of hydrogen-bond acceptors (Lipinski definition) is 2. The predicted octanol–water partition coefficient (Wildman–Crippen LogP) is 3.99. The van der Waals surface area contributed by atoms with E-state index in [0.717, 1.165) is 49.4 Å². The second kappa shape index (κ2) is 3.56. The zero-order valence-corrected chi connectivity index (χ0v) is 16.8. The van der Waals surface area contributed by atoms with Crippen molar-refractivity contribution in [2.24, 2.45) is 34.5 Å². The van der Waals surface area contributed by atoms with Crippen molar-refractivity contribution >= 4 is 0 Å². The van der Waals surface area contributed by atoms with Gasteiger partial charge >= 0.3 is 0 Å². The Morgan fingerprint density at radius 3 is 1.89 bits per heavy atom. The second-order valence-corrected chi connectivity index (χ2v) is 12.9. The maximum absolute atomic E-state index is 11.2. The molecule has 2 nitrogen and oxygen atoms in total. The molecule has 0 aromatic heterocycles. The van der Waals surface area contributed by atoms with E-state index in [1.54, 1.807) is 16.7 Å². The maximum atomic E-state index is 11.2. The van der Waals surface area contributed by atoms with Gasteiger partial charge in [0.05, 0.1) is 11.2 Å². The summed E-state index contributed by atoms with van der Waals surface area (Å²) in [5.41, 5.74) is 5.43. The largest absolute Gasteiger partial charge is 0.389 e. The number of benzene rings is 1. The lowest BCUT2D eigenvalue weighted by molar-refractivity contribution is -0.463. The molecular weight excluding hydrogens is 344 g/mol. The number of aliphatic hydroxyl groups is 2. The van der Waals surface area contributed by atoms with E-state index in [4.69, 9.17) is 0 Å². The van der Waals surface area contributed by atoms with Gasteiger partial charge < -0.3 is 10.2 Å². The average Bonchev–Trinajstić information content (AvgIpc) is 3.07. The molecule has 0 heterocycles. The fourth-order valence-electron chi connectivity index (χ4n) is 12.7. The van der Waals surface area contributed by atoms with Crippen LogP contribution >= 0.6 is 0 Å².